The Morgan fingerprint density at radius 1 is 1.57 bits per heavy atom. The van der Waals surface area contributed by atoms with Crippen LogP contribution in [-0.4, -0.2) is 41.0 Å². The van der Waals surface area contributed by atoms with Crippen LogP contribution in [0.2, 0.25) is 0 Å². The van der Waals surface area contributed by atoms with Crippen LogP contribution in [0.25, 0.3) is 0 Å². The van der Waals surface area contributed by atoms with Gasteiger partial charge in [-0.25, -0.2) is 4.79 Å². The highest BCUT2D eigenvalue weighted by molar-refractivity contribution is 5.96. The first-order valence-corrected chi connectivity index (χ1v) is 6.52. The Kier molecular flexibility index (Phi) is 4.06. The van der Waals surface area contributed by atoms with Gasteiger partial charge in [-0.05, 0) is 18.6 Å². The summed E-state index contributed by atoms with van der Waals surface area (Å²) in [5.41, 5.74) is -0.682. The van der Waals surface area contributed by atoms with E-state index in [0.717, 1.165) is 0 Å². The Balaban J connectivity index is 2.57. The molecule has 0 saturated carbocycles. The summed E-state index contributed by atoms with van der Waals surface area (Å²) in [4.78, 5) is 35.2. The smallest absolute Gasteiger partial charge is 0.342 e. The molecule has 8 nitrogen and oxygen atoms in total. The molecule has 112 valence electrons. The van der Waals surface area contributed by atoms with Crippen LogP contribution in [0.4, 0.5) is 11.4 Å². The SMILES string of the molecule is CCC1C(=O)NCCN1c1cccc(C(=O)O)c1[N+](=O)[O-]. The maximum Gasteiger partial charge on any atom is 0.342 e. The molecular formula is C13H15N3O5. The average molecular weight is 293 g/mol. The zero-order valence-electron chi connectivity index (χ0n) is 11.4. The second kappa shape index (κ2) is 5.78. The summed E-state index contributed by atoms with van der Waals surface area (Å²) < 4.78 is 0. The maximum absolute atomic E-state index is 11.9. The largest absolute Gasteiger partial charge is 0.477 e. The van der Waals surface area contributed by atoms with Gasteiger partial charge in [-0.2, -0.15) is 0 Å². The van der Waals surface area contributed by atoms with Crippen molar-refractivity contribution in [1.82, 2.24) is 5.32 Å². The third-order valence-electron chi connectivity index (χ3n) is 3.45. The molecule has 2 N–H and O–H groups in total. The first-order valence-electron chi connectivity index (χ1n) is 6.52. The molecule has 1 aromatic rings. The van der Waals surface area contributed by atoms with Crippen molar-refractivity contribution in [1.29, 1.82) is 0 Å². The molecule has 1 aliphatic heterocycles. The third-order valence-corrected chi connectivity index (χ3v) is 3.45. The predicted molar refractivity (Wildman–Crippen MR) is 74.5 cm³/mol. The fourth-order valence-electron chi connectivity index (χ4n) is 2.54. The van der Waals surface area contributed by atoms with Gasteiger partial charge >= 0.3 is 11.7 Å². The van der Waals surface area contributed by atoms with Gasteiger partial charge in [0.2, 0.25) is 5.91 Å². The number of hydrogen-bond donors (Lipinski definition) is 2. The van der Waals surface area contributed by atoms with Crippen molar-refractivity contribution in [2.75, 3.05) is 18.0 Å². The molecule has 8 heteroatoms. The molecule has 1 amide bonds. The van der Waals surface area contributed by atoms with Crippen LogP contribution in [0.5, 0.6) is 0 Å². The molecule has 2 rings (SSSR count). The van der Waals surface area contributed by atoms with Crippen LogP contribution in [0.15, 0.2) is 18.2 Å². The molecule has 1 heterocycles. The number of benzene rings is 1. The van der Waals surface area contributed by atoms with E-state index in [2.05, 4.69) is 5.32 Å². The molecule has 1 unspecified atom stereocenters. The molecule has 1 aliphatic rings. The summed E-state index contributed by atoms with van der Waals surface area (Å²) in [6.07, 6.45) is 0.473. The number of hydrogen-bond acceptors (Lipinski definition) is 5. The van der Waals surface area contributed by atoms with Gasteiger partial charge < -0.3 is 15.3 Å². The summed E-state index contributed by atoms with van der Waals surface area (Å²) in [6.45, 7) is 2.56. The zero-order chi connectivity index (χ0) is 15.6. The first-order chi connectivity index (χ1) is 9.97. The van der Waals surface area contributed by atoms with Crippen molar-refractivity contribution in [2.45, 2.75) is 19.4 Å². The Bertz CT molecular complexity index is 601. The molecular weight excluding hydrogens is 278 g/mol. The number of nitro groups is 1. The average Bonchev–Trinajstić information content (AvgIpc) is 2.45. The number of aromatic carboxylic acids is 1. The zero-order valence-corrected chi connectivity index (χ0v) is 11.4. The van der Waals surface area contributed by atoms with E-state index in [9.17, 15) is 19.7 Å². The van der Waals surface area contributed by atoms with Crippen molar-refractivity contribution in [3.63, 3.8) is 0 Å². The summed E-state index contributed by atoms with van der Waals surface area (Å²) in [5.74, 6) is -1.57. The molecule has 1 aromatic carbocycles. The Morgan fingerprint density at radius 3 is 2.86 bits per heavy atom. The van der Waals surface area contributed by atoms with Crippen LogP contribution in [0.3, 0.4) is 0 Å². The minimum absolute atomic E-state index is 0.168. The highest BCUT2D eigenvalue weighted by Gasteiger charge is 2.34. The Labute approximate surface area is 120 Å². The monoisotopic (exact) mass is 293 g/mol. The van der Waals surface area contributed by atoms with Crippen molar-refractivity contribution in [3.8, 4) is 0 Å². The second-order valence-electron chi connectivity index (χ2n) is 4.64. The fourth-order valence-corrected chi connectivity index (χ4v) is 2.54. The third kappa shape index (κ3) is 2.64. The normalized spacial score (nSPS) is 18.2. The number of amides is 1. The van der Waals surface area contributed by atoms with Crippen LogP contribution in [-0.2, 0) is 4.79 Å². The minimum Gasteiger partial charge on any atom is -0.477 e. The van der Waals surface area contributed by atoms with E-state index in [4.69, 9.17) is 5.11 Å². The lowest BCUT2D eigenvalue weighted by atomic mass is 10.1. The molecule has 1 fully saturated rings. The van der Waals surface area contributed by atoms with Gasteiger partial charge in [-0.1, -0.05) is 13.0 Å². The number of nitro benzene ring substituents is 1. The molecule has 0 bridgehead atoms. The standard InChI is InChI=1S/C13H15N3O5/c1-2-9-12(17)14-6-7-15(9)10-5-3-4-8(13(18)19)11(10)16(20)21/h3-5,9H,2,6-7H2,1H3,(H,14,17)(H,18,19). The van der Waals surface area contributed by atoms with E-state index in [1.807, 2.05) is 0 Å². The summed E-state index contributed by atoms with van der Waals surface area (Å²) in [7, 11) is 0. The van der Waals surface area contributed by atoms with Gasteiger partial charge in [0.05, 0.1) is 4.92 Å². The first kappa shape index (κ1) is 14.8. The number of piperazine rings is 1. The van der Waals surface area contributed by atoms with Gasteiger partial charge in [0, 0.05) is 13.1 Å². The molecule has 0 radical (unpaired) electrons. The van der Waals surface area contributed by atoms with Crippen molar-refractivity contribution < 1.29 is 19.6 Å². The van der Waals surface area contributed by atoms with E-state index in [1.54, 1.807) is 11.8 Å². The van der Waals surface area contributed by atoms with Gasteiger partial charge in [-0.15, -0.1) is 0 Å². The lowest BCUT2D eigenvalue weighted by Gasteiger charge is -2.36. The number of carboxylic acids is 1. The number of carbonyl (C=O) groups is 2. The van der Waals surface area contributed by atoms with Crippen molar-refractivity contribution in [3.05, 3.63) is 33.9 Å². The fraction of sp³-hybridized carbons (Fsp3) is 0.385. The molecule has 0 aliphatic carbocycles. The Hall–Kier alpha value is -2.64. The molecule has 0 aromatic heterocycles. The number of nitrogens with zero attached hydrogens (tertiary/aromatic N) is 2. The molecule has 21 heavy (non-hydrogen) atoms. The lowest BCUT2D eigenvalue weighted by molar-refractivity contribution is -0.384. The second-order valence-corrected chi connectivity index (χ2v) is 4.64. The Morgan fingerprint density at radius 2 is 2.29 bits per heavy atom. The number of nitrogens with one attached hydrogen (secondary N) is 1. The van der Waals surface area contributed by atoms with Gasteiger partial charge in [0.15, 0.2) is 0 Å². The van der Waals surface area contributed by atoms with Gasteiger partial charge in [0.25, 0.3) is 0 Å². The number of carbonyl (C=O) groups excluding carboxylic acids is 1. The summed E-state index contributed by atoms with van der Waals surface area (Å²) >= 11 is 0. The molecule has 1 atom stereocenters. The number of para-hydroxylation sites is 1. The van der Waals surface area contributed by atoms with Crippen molar-refractivity contribution >= 4 is 23.3 Å². The topological polar surface area (TPSA) is 113 Å². The van der Waals surface area contributed by atoms with Crippen LogP contribution in [0, 0.1) is 10.1 Å². The van der Waals surface area contributed by atoms with E-state index >= 15 is 0 Å². The lowest BCUT2D eigenvalue weighted by Crippen LogP contribution is -2.55. The summed E-state index contributed by atoms with van der Waals surface area (Å²) in [5, 5.41) is 23.1. The van der Waals surface area contributed by atoms with Crippen LogP contribution in [0.1, 0.15) is 23.7 Å². The van der Waals surface area contributed by atoms with Gasteiger partial charge in [0.1, 0.15) is 17.3 Å². The minimum atomic E-state index is -1.36. The van der Waals surface area contributed by atoms with E-state index in [0.29, 0.717) is 19.5 Å². The van der Waals surface area contributed by atoms with Crippen LogP contribution < -0.4 is 10.2 Å². The quantitative estimate of drug-likeness (QED) is 0.632. The number of carboxylic acid groups (broad SMARTS) is 1. The van der Waals surface area contributed by atoms with Gasteiger partial charge in [-0.3, -0.25) is 14.9 Å². The molecule has 1 saturated heterocycles. The van der Waals surface area contributed by atoms with E-state index in [-0.39, 0.29) is 17.2 Å². The van der Waals surface area contributed by atoms with Crippen molar-refractivity contribution in [2.24, 2.45) is 0 Å². The number of anilines is 1. The predicted octanol–water partition coefficient (Wildman–Crippen LogP) is 1.01. The maximum atomic E-state index is 11.9. The highest BCUT2D eigenvalue weighted by atomic mass is 16.6. The molecule has 0 spiro atoms. The van der Waals surface area contributed by atoms with Crippen LogP contribution >= 0.6 is 0 Å². The summed E-state index contributed by atoms with van der Waals surface area (Å²) in [6, 6.07) is 3.58. The van der Waals surface area contributed by atoms with E-state index < -0.39 is 22.6 Å². The highest BCUT2D eigenvalue weighted by Crippen LogP contribution is 2.34. The number of rotatable bonds is 4. The van der Waals surface area contributed by atoms with E-state index in [1.165, 1.54) is 18.2 Å².